The summed E-state index contributed by atoms with van der Waals surface area (Å²) in [5.41, 5.74) is 0.748. The minimum absolute atomic E-state index is 0.472. The molecule has 3 heteroatoms. The van der Waals surface area contributed by atoms with Crippen molar-refractivity contribution in [1.82, 2.24) is 10.3 Å². The van der Waals surface area contributed by atoms with Crippen LogP contribution in [-0.4, -0.2) is 18.6 Å². The molecule has 0 saturated carbocycles. The number of aromatic nitrogens is 1. The lowest BCUT2D eigenvalue weighted by atomic mass is 10.3. The molecule has 1 aromatic heterocycles. The maximum Gasteiger partial charge on any atom is 0.212 e. The largest absolute Gasteiger partial charge is 0.319 e. The fourth-order valence-electron chi connectivity index (χ4n) is 0.802. The molecule has 1 heterocycles. The van der Waals surface area contributed by atoms with Gasteiger partial charge in [0.05, 0.1) is 0 Å². The summed E-state index contributed by atoms with van der Waals surface area (Å²) < 4.78 is 12.4. The van der Waals surface area contributed by atoms with Gasteiger partial charge in [0.15, 0.2) is 0 Å². The highest BCUT2D eigenvalue weighted by atomic mass is 19.1. The summed E-state index contributed by atoms with van der Waals surface area (Å²) in [6.07, 6.45) is 2.22. The zero-order valence-electron chi connectivity index (χ0n) is 7.47. The lowest BCUT2D eigenvalue weighted by Crippen LogP contribution is -2.05. The molecule has 0 bridgehead atoms. The van der Waals surface area contributed by atoms with Crippen LogP contribution in [0.15, 0.2) is 18.3 Å². The molecule has 1 aromatic rings. The molecule has 0 unspecified atom stereocenters. The minimum atomic E-state index is -0.472. The Bertz CT molecular complexity index is 308. The molecule has 0 spiro atoms. The van der Waals surface area contributed by atoms with Gasteiger partial charge in [0.25, 0.3) is 0 Å². The number of halogens is 1. The van der Waals surface area contributed by atoms with Crippen molar-refractivity contribution >= 4 is 0 Å². The predicted molar refractivity (Wildman–Crippen MR) is 49.6 cm³/mol. The van der Waals surface area contributed by atoms with E-state index < -0.39 is 5.95 Å². The monoisotopic (exact) mass is 178 g/mol. The lowest BCUT2D eigenvalue weighted by molar-refractivity contribution is 0.583. The van der Waals surface area contributed by atoms with Crippen molar-refractivity contribution in [2.75, 3.05) is 13.6 Å². The number of hydrogen-bond acceptors (Lipinski definition) is 2. The first kappa shape index (κ1) is 9.69. The molecule has 2 nitrogen and oxygen atoms in total. The standard InChI is InChI=1S/C10H11FN2/c1-12-7-3-2-4-9-5-6-10(11)13-8-9/h5-6,8,12H,3,7H2,1H3. The molecule has 0 atom stereocenters. The second kappa shape index (κ2) is 5.28. The Hall–Kier alpha value is -1.40. The van der Waals surface area contributed by atoms with Gasteiger partial charge < -0.3 is 5.32 Å². The normalized spacial score (nSPS) is 9.08. The van der Waals surface area contributed by atoms with E-state index >= 15 is 0 Å². The third-order valence-electron chi connectivity index (χ3n) is 1.46. The summed E-state index contributed by atoms with van der Waals surface area (Å²) in [6, 6.07) is 2.93. The maximum absolute atomic E-state index is 12.4. The van der Waals surface area contributed by atoms with Gasteiger partial charge in [0.2, 0.25) is 5.95 Å². The molecule has 1 rings (SSSR count). The van der Waals surface area contributed by atoms with E-state index in [-0.39, 0.29) is 0 Å². The van der Waals surface area contributed by atoms with Crippen LogP contribution in [0.2, 0.25) is 0 Å². The molecule has 0 aliphatic rings. The van der Waals surface area contributed by atoms with Crippen molar-refractivity contribution in [3.63, 3.8) is 0 Å². The van der Waals surface area contributed by atoms with Crippen molar-refractivity contribution < 1.29 is 4.39 Å². The van der Waals surface area contributed by atoms with Crippen molar-refractivity contribution in [3.05, 3.63) is 29.8 Å². The SMILES string of the molecule is CNCCC#Cc1ccc(F)nc1. The average Bonchev–Trinajstić information content (AvgIpc) is 2.15. The van der Waals surface area contributed by atoms with E-state index in [1.807, 2.05) is 7.05 Å². The van der Waals surface area contributed by atoms with Crippen LogP contribution in [-0.2, 0) is 0 Å². The summed E-state index contributed by atoms with van der Waals surface area (Å²) in [6.45, 7) is 0.863. The van der Waals surface area contributed by atoms with Gasteiger partial charge in [-0.25, -0.2) is 4.98 Å². The van der Waals surface area contributed by atoms with Gasteiger partial charge in [0, 0.05) is 24.7 Å². The first-order valence-electron chi connectivity index (χ1n) is 4.08. The van der Waals surface area contributed by atoms with E-state index in [9.17, 15) is 4.39 Å². The van der Waals surface area contributed by atoms with E-state index in [4.69, 9.17) is 0 Å². The van der Waals surface area contributed by atoms with E-state index in [1.54, 1.807) is 6.07 Å². The van der Waals surface area contributed by atoms with Gasteiger partial charge in [-0.05, 0) is 19.2 Å². The zero-order chi connectivity index (χ0) is 9.52. The highest BCUT2D eigenvalue weighted by Gasteiger charge is 1.88. The third-order valence-corrected chi connectivity index (χ3v) is 1.46. The van der Waals surface area contributed by atoms with Crippen molar-refractivity contribution in [2.45, 2.75) is 6.42 Å². The predicted octanol–water partition coefficient (Wildman–Crippen LogP) is 1.18. The fraction of sp³-hybridized carbons (Fsp3) is 0.300. The van der Waals surface area contributed by atoms with Gasteiger partial charge in [0.1, 0.15) is 0 Å². The summed E-state index contributed by atoms with van der Waals surface area (Å²) in [5, 5.41) is 2.98. The highest BCUT2D eigenvalue weighted by molar-refractivity contribution is 5.31. The van der Waals surface area contributed by atoms with Crippen LogP contribution in [0.3, 0.4) is 0 Å². The quantitative estimate of drug-likeness (QED) is 0.418. The van der Waals surface area contributed by atoms with Gasteiger partial charge in [-0.15, -0.1) is 0 Å². The Kier molecular flexibility index (Phi) is 3.94. The molecule has 0 aliphatic heterocycles. The summed E-state index contributed by atoms with van der Waals surface area (Å²) in [4.78, 5) is 3.49. The molecule has 0 fully saturated rings. The van der Waals surface area contributed by atoms with E-state index in [2.05, 4.69) is 22.1 Å². The summed E-state index contributed by atoms with van der Waals surface area (Å²) >= 11 is 0. The number of rotatable bonds is 2. The van der Waals surface area contributed by atoms with E-state index in [0.717, 1.165) is 18.5 Å². The Morgan fingerprint density at radius 2 is 2.38 bits per heavy atom. The van der Waals surface area contributed by atoms with Crippen molar-refractivity contribution in [1.29, 1.82) is 0 Å². The number of hydrogen-bond donors (Lipinski definition) is 1. The summed E-state index contributed by atoms with van der Waals surface area (Å²) in [7, 11) is 1.88. The molecule has 0 saturated heterocycles. The van der Waals surface area contributed by atoms with Gasteiger partial charge >= 0.3 is 0 Å². The number of pyridine rings is 1. The van der Waals surface area contributed by atoms with Gasteiger partial charge in [-0.3, -0.25) is 0 Å². The van der Waals surface area contributed by atoms with Crippen LogP contribution < -0.4 is 5.32 Å². The second-order valence-electron chi connectivity index (χ2n) is 2.52. The van der Waals surface area contributed by atoms with Crippen LogP contribution in [0.25, 0.3) is 0 Å². The van der Waals surface area contributed by atoms with Crippen LogP contribution in [0.1, 0.15) is 12.0 Å². The topological polar surface area (TPSA) is 24.9 Å². The number of nitrogens with one attached hydrogen (secondary N) is 1. The highest BCUT2D eigenvalue weighted by Crippen LogP contribution is 1.96. The molecule has 13 heavy (non-hydrogen) atoms. The Morgan fingerprint density at radius 1 is 1.54 bits per heavy atom. The van der Waals surface area contributed by atoms with E-state index in [0.29, 0.717) is 0 Å². The molecule has 68 valence electrons. The van der Waals surface area contributed by atoms with Crippen molar-refractivity contribution in [3.8, 4) is 11.8 Å². The lowest BCUT2D eigenvalue weighted by Gasteiger charge is -1.89. The van der Waals surface area contributed by atoms with Crippen LogP contribution in [0.5, 0.6) is 0 Å². The first-order valence-corrected chi connectivity index (χ1v) is 4.08. The second-order valence-corrected chi connectivity index (χ2v) is 2.52. The maximum atomic E-state index is 12.4. The van der Waals surface area contributed by atoms with Crippen LogP contribution >= 0.6 is 0 Å². The Balaban J connectivity index is 2.52. The average molecular weight is 178 g/mol. The van der Waals surface area contributed by atoms with E-state index in [1.165, 1.54) is 12.3 Å². The Labute approximate surface area is 77.2 Å². The van der Waals surface area contributed by atoms with Crippen molar-refractivity contribution in [2.24, 2.45) is 0 Å². The molecular formula is C10H11FN2. The molecule has 0 amide bonds. The summed E-state index contributed by atoms with van der Waals surface area (Å²) in [5.74, 6) is 5.36. The van der Waals surface area contributed by atoms with Gasteiger partial charge in [-0.2, -0.15) is 4.39 Å². The molecule has 1 N–H and O–H groups in total. The van der Waals surface area contributed by atoms with Crippen LogP contribution in [0, 0.1) is 17.8 Å². The molecule has 0 aromatic carbocycles. The zero-order valence-corrected chi connectivity index (χ0v) is 7.47. The van der Waals surface area contributed by atoms with Crippen LogP contribution in [0.4, 0.5) is 4.39 Å². The molecule has 0 radical (unpaired) electrons. The van der Waals surface area contributed by atoms with Gasteiger partial charge in [-0.1, -0.05) is 11.8 Å². The fourth-order valence-corrected chi connectivity index (χ4v) is 0.802. The minimum Gasteiger partial charge on any atom is -0.319 e. The third kappa shape index (κ3) is 3.68. The molecule has 0 aliphatic carbocycles. The smallest absolute Gasteiger partial charge is 0.212 e. The number of nitrogens with zero attached hydrogens (tertiary/aromatic N) is 1. The first-order chi connectivity index (χ1) is 6.33. The Morgan fingerprint density at radius 3 is 3.00 bits per heavy atom. The molecular weight excluding hydrogens is 167 g/mol.